The molecule has 2 aromatic rings. The quantitative estimate of drug-likeness (QED) is 0.679. The largest absolute Gasteiger partial charge is 0.0837 e. The maximum atomic E-state index is 6.65. The molecule has 0 aliphatic heterocycles. The summed E-state index contributed by atoms with van der Waals surface area (Å²) in [5.41, 5.74) is 6.15. The fourth-order valence-corrected chi connectivity index (χ4v) is 2.94. The molecule has 3 rings (SSSR count). The zero-order valence-electron chi connectivity index (χ0n) is 12.1. The molecule has 0 atom stereocenters. The molecular weight excluding hydrogens is 276 g/mol. The van der Waals surface area contributed by atoms with Crippen LogP contribution in [0.1, 0.15) is 23.1 Å². The van der Waals surface area contributed by atoms with E-state index >= 15 is 0 Å². The zero-order valence-corrected chi connectivity index (χ0v) is 12.9. The second kappa shape index (κ2) is 6.32. The van der Waals surface area contributed by atoms with Gasteiger partial charge in [-0.2, -0.15) is 0 Å². The molecule has 0 bridgehead atoms. The Balaban J connectivity index is 1.89. The van der Waals surface area contributed by atoms with Crippen molar-refractivity contribution in [1.29, 1.82) is 0 Å². The van der Waals surface area contributed by atoms with Crippen molar-refractivity contribution in [2.45, 2.75) is 19.8 Å². The van der Waals surface area contributed by atoms with Crippen LogP contribution in [0.25, 0.3) is 5.57 Å². The molecule has 0 saturated heterocycles. The summed E-state index contributed by atoms with van der Waals surface area (Å²) in [6, 6.07) is 19.0. The lowest BCUT2D eigenvalue weighted by molar-refractivity contribution is 1.08. The van der Waals surface area contributed by atoms with Gasteiger partial charge in [-0.05, 0) is 48.5 Å². The van der Waals surface area contributed by atoms with Gasteiger partial charge in [0.25, 0.3) is 0 Å². The molecule has 1 heteroatoms. The predicted molar refractivity (Wildman–Crippen MR) is 91.1 cm³/mol. The van der Waals surface area contributed by atoms with E-state index in [0.29, 0.717) is 0 Å². The minimum Gasteiger partial charge on any atom is -0.0837 e. The monoisotopic (exact) mass is 293 g/mol. The van der Waals surface area contributed by atoms with Gasteiger partial charge in [0.1, 0.15) is 0 Å². The van der Waals surface area contributed by atoms with E-state index in [1.807, 2.05) is 6.07 Å². The molecule has 0 unspecified atom stereocenters. The Morgan fingerprint density at radius 2 is 1.67 bits per heavy atom. The van der Waals surface area contributed by atoms with Crippen LogP contribution in [0.5, 0.6) is 0 Å². The minimum atomic E-state index is 0.883. The van der Waals surface area contributed by atoms with Crippen LogP contribution in [0.4, 0.5) is 0 Å². The lowest BCUT2D eigenvalue weighted by Crippen LogP contribution is -2.01. The average molecular weight is 294 g/mol. The molecule has 105 valence electrons. The third kappa shape index (κ3) is 3.28. The van der Waals surface area contributed by atoms with Crippen LogP contribution in [0.2, 0.25) is 0 Å². The van der Waals surface area contributed by atoms with Crippen molar-refractivity contribution >= 4 is 17.2 Å². The predicted octanol–water partition coefficient (Wildman–Crippen LogP) is 5.72. The first kappa shape index (κ1) is 14.2. The fourth-order valence-electron chi connectivity index (χ4n) is 2.61. The van der Waals surface area contributed by atoms with Crippen LogP contribution in [-0.2, 0) is 6.42 Å². The van der Waals surface area contributed by atoms with Gasteiger partial charge in [0.2, 0.25) is 0 Å². The Hall–Kier alpha value is -1.79. The molecule has 0 heterocycles. The summed E-state index contributed by atoms with van der Waals surface area (Å²) >= 11 is 6.65. The smallest absolute Gasteiger partial charge is 0.0479 e. The third-order valence-corrected chi connectivity index (χ3v) is 4.25. The number of allylic oxidation sites excluding steroid dienone is 4. The highest BCUT2D eigenvalue weighted by molar-refractivity contribution is 6.37. The number of halogens is 1. The summed E-state index contributed by atoms with van der Waals surface area (Å²) in [4.78, 5) is 0. The molecule has 0 amide bonds. The summed E-state index contributed by atoms with van der Waals surface area (Å²) < 4.78 is 0. The standard InChI is InChI=1S/C20H18Cl/c1-15-10-12-17(13-11-15)19-9-5-8-18(20(19)21)14-16-6-3-2-4-7-16/h2-4,6-13H,5,14H2,1H3. The summed E-state index contributed by atoms with van der Waals surface area (Å²) in [6.07, 6.45) is 6.28. The molecule has 0 fully saturated rings. The van der Waals surface area contributed by atoms with E-state index in [1.165, 1.54) is 22.3 Å². The van der Waals surface area contributed by atoms with Crippen molar-refractivity contribution in [3.8, 4) is 0 Å². The van der Waals surface area contributed by atoms with Gasteiger partial charge in [-0.1, -0.05) is 77.8 Å². The van der Waals surface area contributed by atoms with Gasteiger partial charge in [0, 0.05) is 5.03 Å². The highest BCUT2D eigenvalue weighted by Crippen LogP contribution is 2.35. The van der Waals surface area contributed by atoms with E-state index in [9.17, 15) is 0 Å². The number of hydrogen-bond donors (Lipinski definition) is 0. The summed E-state index contributed by atoms with van der Waals surface area (Å²) in [5, 5.41) is 0.883. The van der Waals surface area contributed by atoms with Crippen LogP contribution < -0.4 is 0 Å². The normalized spacial score (nSPS) is 15.0. The summed E-state index contributed by atoms with van der Waals surface area (Å²) in [6.45, 7) is 2.10. The Morgan fingerprint density at radius 1 is 0.952 bits per heavy atom. The van der Waals surface area contributed by atoms with Crippen molar-refractivity contribution in [2.24, 2.45) is 0 Å². The summed E-state index contributed by atoms with van der Waals surface area (Å²) in [5.74, 6) is 0. The maximum Gasteiger partial charge on any atom is 0.0479 e. The topological polar surface area (TPSA) is 0 Å². The Kier molecular flexibility index (Phi) is 4.26. The average Bonchev–Trinajstić information content (AvgIpc) is 2.52. The second-order valence-electron chi connectivity index (χ2n) is 5.43. The van der Waals surface area contributed by atoms with Gasteiger partial charge >= 0.3 is 0 Å². The maximum absolute atomic E-state index is 6.65. The van der Waals surface area contributed by atoms with Crippen molar-refractivity contribution in [3.63, 3.8) is 0 Å². The van der Waals surface area contributed by atoms with Crippen LogP contribution >= 0.6 is 11.6 Å². The number of aryl methyl sites for hydroxylation is 1. The van der Waals surface area contributed by atoms with Crippen molar-refractivity contribution in [1.82, 2.24) is 0 Å². The summed E-state index contributed by atoms with van der Waals surface area (Å²) in [7, 11) is 0. The van der Waals surface area contributed by atoms with Crippen molar-refractivity contribution < 1.29 is 0 Å². The van der Waals surface area contributed by atoms with Crippen LogP contribution in [-0.4, -0.2) is 0 Å². The lowest BCUT2D eigenvalue weighted by atomic mass is 9.90. The van der Waals surface area contributed by atoms with Gasteiger partial charge in [-0.3, -0.25) is 0 Å². The van der Waals surface area contributed by atoms with E-state index in [1.54, 1.807) is 0 Å². The molecule has 0 nitrogen and oxygen atoms in total. The van der Waals surface area contributed by atoms with E-state index in [-0.39, 0.29) is 0 Å². The Morgan fingerprint density at radius 3 is 2.38 bits per heavy atom. The van der Waals surface area contributed by atoms with Gasteiger partial charge < -0.3 is 0 Å². The van der Waals surface area contributed by atoms with Crippen molar-refractivity contribution in [2.75, 3.05) is 0 Å². The van der Waals surface area contributed by atoms with Crippen LogP contribution in [0.15, 0.2) is 71.3 Å². The highest BCUT2D eigenvalue weighted by Gasteiger charge is 2.16. The third-order valence-electron chi connectivity index (χ3n) is 3.80. The van der Waals surface area contributed by atoms with Gasteiger partial charge in [0.15, 0.2) is 0 Å². The van der Waals surface area contributed by atoms with Crippen LogP contribution in [0, 0.1) is 13.3 Å². The molecular formula is C20H18Cl. The fraction of sp³-hybridized carbons (Fsp3) is 0.150. The van der Waals surface area contributed by atoms with E-state index in [2.05, 4.69) is 68.0 Å². The van der Waals surface area contributed by atoms with Gasteiger partial charge in [-0.15, -0.1) is 0 Å². The second-order valence-corrected chi connectivity index (χ2v) is 5.80. The molecule has 1 aliphatic carbocycles. The molecule has 1 aliphatic rings. The SMILES string of the molecule is Cc1ccc(C2=CC[CH]C(Cc3ccccc3)=C2Cl)cc1. The molecule has 21 heavy (non-hydrogen) atoms. The molecule has 1 radical (unpaired) electrons. The van der Waals surface area contributed by atoms with Crippen molar-refractivity contribution in [3.05, 3.63) is 94.4 Å². The molecule has 0 N–H and O–H groups in total. The number of benzene rings is 2. The first-order valence-electron chi connectivity index (χ1n) is 7.27. The molecule has 0 spiro atoms. The van der Waals surface area contributed by atoms with Gasteiger partial charge in [0.05, 0.1) is 0 Å². The Labute approximate surface area is 131 Å². The van der Waals surface area contributed by atoms with E-state index < -0.39 is 0 Å². The zero-order chi connectivity index (χ0) is 14.7. The highest BCUT2D eigenvalue weighted by atomic mass is 35.5. The number of hydrogen-bond acceptors (Lipinski definition) is 0. The Bertz CT molecular complexity index is 676. The number of rotatable bonds is 3. The van der Waals surface area contributed by atoms with Gasteiger partial charge in [-0.25, -0.2) is 0 Å². The lowest BCUT2D eigenvalue weighted by Gasteiger charge is -2.18. The van der Waals surface area contributed by atoms with E-state index in [0.717, 1.165) is 23.4 Å². The van der Waals surface area contributed by atoms with E-state index in [4.69, 9.17) is 11.6 Å². The minimum absolute atomic E-state index is 0.883. The first-order chi connectivity index (χ1) is 10.2. The first-order valence-corrected chi connectivity index (χ1v) is 7.65. The van der Waals surface area contributed by atoms with Crippen LogP contribution in [0.3, 0.4) is 0 Å². The molecule has 2 aromatic carbocycles. The molecule has 0 saturated carbocycles. The molecule has 0 aromatic heterocycles.